The molecular weight excluding hydrogens is 477 g/mol. The zero-order chi connectivity index (χ0) is 19.4. The summed E-state index contributed by atoms with van der Waals surface area (Å²) in [7, 11) is 3.51. The summed E-state index contributed by atoms with van der Waals surface area (Å²) in [6.45, 7) is 0.687. The van der Waals surface area contributed by atoms with Crippen molar-refractivity contribution in [2.45, 2.75) is 50.3 Å². The van der Waals surface area contributed by atoms with Crippen molar-refractivity contribution >= 4 is 29.9 Å². The molecule has 156 valence electrons. The maximum atomic E-state index is 6.47. The van der Waals surface area contributed by atoms with Crippen LogP contribution in [0.2, 0.25) is 0 Å². The molecule has 2 aromatic rings. The van der Waals surface area contributed by atoms with E-state index in [0.29, 0.717) is 6.54 Å². The molecular formula is C23H30IN3O2. The van der Waals surface area contributed by atoms with Crippen molar-refractivity contribution in [1.82, 2.24) is 10.6 Å². The Morgan fingerprint density at radius 3 is 2.72 bits per heavy atom. The largest absolute Gasteiger partial charge is 0.497 e. The third-order valence-corrected chi connectivity index (χ3v) is 5.84. The van der Waals surface area contributed by atoms with Crippen LogP contribution in [0.4, 0.5) is 0 Å². The second-order valence-corrected chi connectivity index (χ2v) is 7.71. The fourth-order valence-electron chi connectivity index (χ4n) is 4.40. The van der Waals surface area contributed by atoms with E-state index < -0.39 is 0 Å². The van der Waals surface area contributed by atoms with Gasteiger partial charge in [-0.2, -0.15) is 0 Å². The van der Waals surface area contributed by atoms with E-state index in [0.717, 1.165) is 42.3 Å². The van der Waals surface area contributed by atoms with E-state index in [1.54, 1.807) is 7.11 Å². The van der Waals surface area contributed by atoms with Gasteiger partial charge in [0.05, 0.1) is 13.2 Å². The highest BCUT2D eigenvalue weighted by Gasteiger charge is 2.43. The number of nitrogens with one attached hydrogen (secondary N) is 2. The summed E-state index contributed by atoms with van der Waals surface area (Å²) in [5.74, 6) is 2.68. The van der Waals surface area contributed by atoms with Gasteiger partial charge in [-0.05, 0) is 49.4 Å². The Morgan fingerprint density at radius 2 is 1.97 bits per heavy atom. The average molecular weight is 507 g/mol. The molecule has 1 saturated carbocycles. The monoisotopic (exact) mass is 507 g/mol. The van der Waals surface area contributed by atoms with E-state index >= 15 is 0 Å². The fraction of sp³-hybridized carbons (Fsp3) is 0.435. The van der Waals surface area contributed by atoms with Crippen LogP contribution in [0.15, 0.2) is 53.5 Å². The van der Waals surface area contributed by atoms with Gasteiger partial charge in [0.15, 0.2) is 5.96 Å². The molecule has 1 spiro atoms. The Hall–Kier alpha value is -1.96. The van der Waals surface area contributed by atoms with E-state index in [2.05, 4.69) is 46.0 Å². The van der Waals surface area contributed by atoms with Crippen LogP contribution in [-0.4, -0.2) is 25.7 Å². The lowest BCUT2D eigenvalue weighted by Crippen LogP contribution is -2.46. The zero-order valence-electron chi connectivity index (χ0n) is 17.1. The van der Waals surface area contributed by atoms with Gasteiger partial charge in [0.2, 0.25) is 0 Å². The maximum Gasteiger partial charge on any atom is 0.191 e. The van der Waals surface area contributed by atoms with Crippen molar-refractivity contribution < 1.29 is 9.47 Å². The molecule has 2 aromatic carbocycles. The number of aliphatic imine (C=N–C) groups is 1. The van der Waals surface area contributed by atoms with E-state index in [9.17, 15) is 0 Å². The van der Waals surface area contributed by atoms with Gasteiger partial charge in [-0.3, -0.25) is 4.99 Å². The summed E-state index contributed by atoms with van der Waals surface area (Å²) < 4.78 is 11.8. The van der Waals surface area contributed by atoms with Crippen LogP contribution in [0.3, 0.4) is 0 Å². The van der Waals surface area contributed by atoms with Crippen LogP contribution in [0, 0.1) is 0 Å². The van der Waals surface area contributed by atoms with Crippen molar-refractivity contribution in [3.8, 4) is 11.5 Å². The first-order chi connectivity index (χ1) is 13.7. The second-order valence-electron chi connectivity index (χ2n) is 7.71. The molecule has 1 atom stereocenters. The molecule has 0 aromatic heterocycles. The molecule has 1 heterocycles. The number of methoxy groups -OCH3 is 1. The highest BCUT2D eigenvalue weighted by atomic mass is 127. The van der Waals surface area contributed by atoms with Crippen LogP contribution in [0.25, 0.3) is 0 Å². The lowest BCUT2D eigenvalue weighted by atomic mass is 9.86. The van der Waals surface area contributed by atoms with Crippen LogP contribution in [-0.2, 0) is 6.54 Å². The van der Waals surface area contributed by atoms with Crippen LogP contribution in [0.5, 0.6) is 11.5 Å². The van der Waals surface area contributed by atoms with E-state index in [-0.39, 0.29) is 35.6 Å². The Balaban J connectivity index is 0.00000240. The lowest BCUT2D eigenvalue weighted by Gasteiger charge is -2.40. The number of para-hydroxylation sites is 1. The molecule has 29 heavy (non-hydrogen) atoms. The van der Waals surface area contributed by atoms with Gasteiger partial charge in [-0.15, -0.1) is 24.0 Å². The van der Waals surface area contributed by atoms with Crippen LogP contribution < -0.4 is 20.1 Å². The number of benzene rings is 2. The van der Waals surface area contributed by atoms with E-state index in [1.807, 2.05) is 25.2 Å². The van der Waals surface area contributed by atoms with Gasteiger partial charge in [0.25, 0.3) is 0 Å². The Kier molecular flexibility index (Phi) is 7.27. The normalized spacial score (nSPS) is 19.7. The zero-order valence-corrected chi connectivity index (χ0v) is 19.4. The summed E-state index contributed by atoms with van der Waals surface area (Å²) in [6.07, 6.45) is 5.74. The van der Waals surface area contributed by atoms with Gasteiger partial charge in [0, 0.05) is 25.6 Å². The molecule has 0 amide bonds. The number of guanidine groups is 1. The van der Waals surface area contributed by atoms with Crippen LogP contribution in [0.1, 0.15) is 49.3 Å². The van der Waals surface area contributed by atoms with Crippen molar-refractivity contribution in [2.75, 3.05) is 14.2 Å². The van der Waals surface area contributed by atoms with Crippen LogP contribution >= 0.6 is 24.0 Å². The lowest BCUT2D eigenvalue weighted by molar-refractivity contribution is 0.0396. The first kappa shape index (κ1) is 21.7. The van der Waals surface area contributed by atoms with E-state index in [4.69, 9.17) is 9.47 Å². The predicted octanol–water partition coefficient (Wildman–Crippen LogP) is 4.81. The summed E-state index contributed by atoms with van der Waals surface area (Å²) in [4.78, 5) is 4.45. The summed E-state index contributed by atoms with van der Waals surface area (Å²) in [5.41, 5.74) is 2.34. The number of fused-ring (bicyclic) bond motifs is 1. The SMILES string of the molecule is CN=C(NCc1cccc(OC)c1)NC1CC2(CCCC2)Oc2ccccc21.I. The summed E-state index contributed by atoms with van der Waals surface area (Å²) in [5, 5.41) is 7.08. The molecule has 0 radical (unpaired) electrons. The van der Waals surface area contributed by atoms with Gasteiger partial charge >= 0.3 is 0 Å². The number of nitrogens with zero attached hydrogens (tertiary/aromatic N) is 1. The third-order valence-electron chi connectivity index (χ3n) is 5.84. The molecule has 6 heteroatoms. The van der Waals surface area contributed by atoms with Crippen molar-refractivity contribution in [1.29, 1.82) is 0 Å². The maximum absolute atomic E-state index is 6.47. The summed E-state index contributed by atoms with van der Waals surface area (Å²) >= 11 is 0. The molecule has 2 aliphatic rings. The molecule has 2 N–H and O–H groups in total. The topological polar surface area (TPSA) is 54.9 Å². The minimum Gasteiger partial charge on any atom is -0.497 e. The molecule has 1 aliphatic carbocycles. The fourth-order valence-corrected chi connectivity index (χ4v) is 4.40. The Bertz CT molecular complexity index is 850. The highest BCUT2D eigenvalue weighted by molar-refractivity contribution is 14.0. The predicted molar refractivity (Wildman–Crippen MR) is 127 cm³/mol. The average Bonchev–Trinajstić information content (AvgIpc) is 3.18. The van der Waals surface area contributed by atoms with E-state index in [1.165, 1.54) is 18.4 Å². The number of rotatable bonds is 4. The molecule has 1 aliphatic heterocycles. The molecule has 0 bridgehead atoms. The Labute approximate surface area is 190 Å². The quantitative estimate of drug-likeness (QED) is 0.354. The van der Waals surface area contributed by atoms with Crippen molar-refractivity contribution in [3.05, 3.63) is 59.7 Å². The Morgan fingerprint density at radius 1 is 1.17 bits per heavy atom. The van der Waals surface area contributed by atoms with Gasteiger partial charge in [-0.25, -0.2) is 0 Å². The molecule has 1 unspecified atom stereocenters. The number of halogens is 1. The van der Waals surface area contributed by atoms with Crippen molar-refractivity contribution in [3.63, 3.8) is 0 Å². The van der Waals surface area contributed by atoms with Gasteiger partial charge in [-0.1, -0.05) is 30.3 Å². The smallest absolute Gasteiger partial charge is 0.191 e. The number of ether oxygens (including phenoxy) is 2. The van der Waals surface area contributed by atoms with Gasteiger partial charge in [0.1, 0.15) is 17.1 Å². The second kappa shape index (κ2) is 9.69. The first-order valence-electron chi connectivity index (χ1n) is 10.1. The molecule has 0 saturated heterocycles. The minimum absolute atomic E-state index is 0. The molecule has 5 nitrogen and oxygen atoms in total. The number of hydrogen-bond donors (Lipinski definition) is 2. The van der Waals surface area contributed by atoms with Gasteiger partial charge < -0.3 is 20.1 Å². The standard InChI is InChI=1S/C23H29N3O2.HI/c1-24-22(25-16-17-8-7-9-18(14-17)27-2)26-20-15-23(12-5-6-13-23)28-21-11-4-3-10-19(20)21;/h3-4,7-11,14,20H,5-6,12-13,15-16H2,1-2H3,(H2,24,25,26);1H. The molecule has 4 rings (SSSR count). The minimum atomic E-state index is -0.0301. The number of hydrogen-bond acceptors (Lipinski definition) is 3. The first-order valence-corrected chi connectivity index (χ1v) is 10.1. The summed E-state index contributed by atoms with van der Waals surface area (Å²) in [6, 6.07) is 16.7. The highest BCUT2D eigenvalue weighted by Crippen LogP contribution is 2.46. The molecule has 1 fully saturated rings. The van der Waals surface area contributed by atoms with Crippen molar-refractivity contribution in [2.24, 2.45) is 4.99 Å². The third kappa shape index (κ3) is 4.97.